The van der Waals surface area contributed by atoms with Crippen molar-refractivity contribution in [1.82, 2.24) is 19.3 Å². The standard InChI is InChI=1S/C21H25N5O2/c1-14(2)26-19(10-11-22-26)24-20(27)15-8-9-16-17(13-15)23-18-7-5-3-4-6-12-25(18)21(16)28/h8-11,13-14H,3-7,12H2,1-2H3,(H,24,27). The molecule has 0 spiro atoms. The Balaban J connectivity index is 1.69. The van der Waals surface area contributed by atoms with Crippen molar-refractivity contribution in [1.29, 1.82) is 0 Å². The van der Waals surface area contributed by atoms with Gasteiger partial charge in [0.25, 0.3) is 11.5 Å². The molecule has 0 bridgehead atoms. The van der Waals surface area contributed by atoms with Gasteiger partial charge in [-0.1, -0.05) is 12.8 Å². The number of aromatic nitrogens is 4. The summed E-state index contributed by atoms with van der Waals surface area (Å²) in [6, 6.07) is 7.02. The number of fused-ring (bicyclic) bond motifs is 2. The van der Waals surface area contributed by atoms with E-state index in [1.54, 1.807) is 35.1 Å². The third-order valence-corrected chi connectivity index (χ3v) is 5.23. The van der Waals surface area contributed by atoms with E-state index in [2.05, 4.69) is 10.4 Å². The predicted octanol–water partition coefficient (Wildman–Crippen LogP) is 3.54. The van der Waals surface area contributed by atoms with E-state index in [-0.39, 0.29) is 17.5 Å². The lowest BCUT2D eigenvalue weighted by atomic mass is 10.1. The average Bonchev–Trinajstić information content (AvgIpc) is 3.11. The van der Waals surface area contributed by atoms with E-state index in [0.717, 1.165) is 38.1 Å². The Labute approximate surface area is 163 Å². The van der Waals surface area contributed by atoms with Gasteiger partial charge >= 0.3 is 0 Å². The summed E-state index contributed by atoms with van der Waals surface area (Å²) in [5.41, 5.74) is 1.06. The van der Waals surface area contributed by atoms with Crippen molar-refractivity contribution in [2.24, 2.45) is 0 Å². The van der Waals surface area contributed by atoms with Crippen LogP contribution in [0.25, 0.3) is 10.9 Å². The van der Waals surface area contributed by atoms with Crippen LogP contribution in [0.1, 0.15) is 61.8 Å². The zero-order valence-corrected chi connectivity index (χ0v) is 16.3. The molecular weight excluding hydrogens is 354 g/mol. The lowest BCUT2D eigenvalue weighted by molar-refractivity contribution is 0.102. The summed E-state index contributed by atoms with van der Waals surface area (Å²) in [6.07, 6.45) is 6.82. The first kappa shape index (κ1) is 18.4. The monoisotopic (exact) mass is 379 g/mol. The number of carbonyl (C=O) groups is 1. The molecule has 7 nitrogen and oxygen atoms in total. The second-order valence-electron chi connectivity index (χ2n) is 7.59. The van der Waals surface area contributed by atoms with E-state index in [1.807, 2.05) is 18.4 Å². The van der Waals surface area contributed by atoms with Gasteiger partial charge in [0.1, 0.15) is 11.6 Å². The molecule has 0 fully saturated rings. The molecule has 1 aromatic carbocycles. The SMILES string of the molecule is CC(C)n1nccc1NC(=O)c1ccc2c(=O)n3c(nc2c1)CCCCCC3. The normalized spacial score (nSPS) is 14.5. The molecule has 2 aromatic heterocycles. The van der Waals surface area contributed by atoms with Gasteiger partial charge in [0, 0.05) is 30.6 Å². The Morgan fingerprint density at radius 1 is 1.14 bits per heavy atom. The molecule has 0 radical (unpaired) electrons. The lowest BCUT2D eigenvalue weighted by Gasteiger charge is -2.16. The molecule has 0 aliphatic carbocycles. The molecule has 7 heteroatoms. The van der Waals surface area contributed by atoms with Gasteiger partial charge in [0.15, 0.2) is 0 Å². The minimum Gasteiger partial charge on any atom is -0.307 e. The van der Waals surface area contributed by atoms with Gasteiger partial charge < -0.3 is 5.32 Å². The lowest BCUT2D eigenvalue weighted by Crippen LogP contribution is -2.26. The molecule has 3 heterocycles. The average molecular weight is 379 g/mol. The highest BCUT2D eigenvalue weighted by atomic mass is 16.2. The number of benzene rings is 1. The van der Waals surface area contributed by atoms with Crippen LogP contribution in [-0.4, -0.2) is 25.2 Å². The summed E-state index contributed by atoms with van der Waals surface area (Å²) in [6.45, 7) is 4.73. The molecule has 28 heavy (non-hydrogen) atoms. The molecule has 4 rings (SSSR count). The number of nitrogens with one attached hydrogen (secondary N) is 1. The molecule has 3 aromatic rings. The highest BCUT2D eigenvalue weighted by Crippen LogP contribution is 2.18. The van der Waals surface area contributed by atoms with E-state index < -0.39 is 0 Å². The molecule has 1 aliphatic rings. The Bertz CT molecular complexity index is 1080. The number of nitrogens with zero attached hydrogens (tertiary/aromatic N) is 4. The second kappa shape index (κ2) is 7.58. The van der Waals surface area contributed by atoms with Crippen molar-refractivity contribution in [2.45, 2.75) is 58.5 Å². The number of amides is 1. The van der Waals surface area contributed by atoms with Gasteiger partial charge in [0.2, 0.25) is 0 Å². The van der Waals surface area contributed by atoms with Crippen LogP contribution in [0.5, 0.6) is 0 Å². The van der Waals surface area contributed by atoms with Crippen LogP contribution in [0.4, 0.5) is 5.82 Å². The van der Waals surface area contributed by atoms with E-state index in [1.165, 1.54) is 6.42 Å². The maximum absolute atomic E-state index is 12.9. The molecular formula is C21H25N5O2. The third-order valence-electron chi connectivity index (χ3n) is 5.23. The summed E-state index contributed by atoms with van der Waals surface area (Å²) < 4.78 is 3.56. The van der Waals surface area contributed by atoms with Gasteiger partial charge in [-0.15, -0.1) is 0 Å². The number of hydrogen-bond donors (Lipinski definition) is 1. The maximum atomic E-state index is 12.9. The highest BCUT2D eigenvalue weighted by molar-refractivity contribution is 6.05. The summed E-state index contributed by atoms with van der Waals surface area (Å²) in [4.78, 5) is 30.4. The highest BCUT2D eigenvalue weighted by Gasteiger charge is 2.16. The Kier molecular flexibility index (Phi) is 4.98. The number of carbonyl (C=O) groups excluding carboxylic acids is 1. The van der Waals surface area contributed by atoms with Gasteiger partial charge in [-0.2, -0.15) is 5.10 Å². The summed E-state index contributed by atoms with van der Waals surface area (Å²) >= 11 is 0. The zero-order valence-electron chi connectivity index (χ0n) is 16.3. The Hall–Kier alpha value is -2.96. The fraction of sp³-hybridized carbons (Fsp3) is 0.429. The Morgan fingerprint density at radius 2 is 1.96 bits per heavy atom. The largest absolute Gasteiger partial charge is 0.307 e. The van der Waals surface area contributed by atoms with Crippen molar-refractivity contribution < 1.29 is 4.79 Å². The fourth-order valence-corrected chi connectivity index (χ4v) is 3.75. The molecule has 1 aliphatic heterocycles. The van der Waals surface area contributed by atoms with Gasteiger partial charge in [-0.05, 0) is 44.9 Å². The first-order valence-electron chi connectivity index (χ1n) is 9.93. The topological polar surface area (TPSA) is 81.8 Å². The van der Waals surface area contributed by atoms with E-state index >= 15 is 0 Å². The van der Waals surface area contributed by atoms with E-state index in [4.69, 9.17) is 4.98 Å². The fourth-order valence-electron chi connectivity index (χ4n) is 3.75. The smallest absolute Gasteiger partial charge is 0.261 e. The van der Waals surface area contributed by atoms with Crippen LogP contribution in [-0.2, 0) is 13.0 Å². The van der Waals surface area contributed by atoms with Crippen molar-refractivity contribution in [3.63, 3.8) is 0 Å². The maximum Gasteiger partial charge on any atom is 0.261 e. The molecule has 0 atom stereocenters. The van der Waals surface area contributed by atoms with Crippen LogP contribution in [0, 0.1) is 0 Å². The minimum absolute atomic E-state index is 0.00765. The van der Waals surface area contributed by atoms with Crippen LogP contribution in [0.15, 0.2) is 35.3 Å². The summed E-state index contributed by atoms with van der Waals surface area (Å²) in [5.74, 6) is 1.23. The van der Waals surface area contributed by atoms with Gasteiger partial charge in [0.05, 0.1) is 17.1 Å². The van der Waals surface area contributed by atoms with Crippen molar-refractivity contribution in [2.75, 3.05) is 5.32 Å². The predicted molar refractivity (Wildman–Crippen MR) is 109 cm³/mol. The number of hydrogen-bond acceptors (Lipinski definition) is 4. The minimum atomic E-state index is -0.238. The van der Waals surface area contributed by atoms with Crippen LogP contribution in [0.3, 0.4) is 0 Å². The molecule has 146 valence electrons. The molecule has 0 saturated heterocycles. The first-order valence-corrected chi connectivity index (χ1v) is 9.93. The molecule has 1 N–H and O–H groups in total. The number of rotatable bonds is 3. The quantitative estimate of drug-likeness (QED) is 0.755. The zero-order chi connectivity index (χ0) is 19.7. The Morgan fingerprint density at radius 3 is 2.79 bits per heavy atom. The molecule has 1 amide bonds. The van der Waals surface area contributed by atoms with Crippen molar-refractivity contribution >= 4 is 22.6 Å². The van der Waals surface area contributed by atoms with Gasteiger partial charge in [-0.3, -0.25) is 14.2 Å². The van der Waals surface area contributed by atoms with Crippen LogP contribution < -0.4 is 10.9 Å². The molecule has 0 saturated carbocycles. The third kappa shape index (κ3) is 3.44. The first-order chi connectivity index (χ1) is 13.5. The van der Waals surface area contributed by atoms with Crippen molar-refractivity contribution in [3.8, 4) is 0 Å². The van der Waals surface area contributed by atoms with Crippen LogP contribution in [0.2, 0.25) is 0 Å². The molecule has 0 unspecified atom stereocenters. The second-order valence-corrected chi connectivity index (χ2v) is 7.59. The van der Waals surface area contributed by atoms with Crippen molar-refractivity contribution in [3.05, 3.63) is 52.2 Å². The van der Waals surface area contributed by atoms with Gasteiger partial charge in [-0.25, -0.2) is 9.67 Å². The number of anilines is 1. The summed E-state index contributed by atoms with van der Waals surface area (Å²) in [5, 5.41) is 7.70. The van der Waals surface area contributed by atoms with E-state index in [9.17, 15) is 9.59 Å². The summed E-state index contributed by atoms with van der Waals surface area (Å²) in [7, 11) is 0. The van der Waals surface area contributed by atoms with E-state index in [0.29, 0.717) is 22.3 Å². The number of aryl methyl sites for hydroxylation is 1. The van der Waals surface area contributed by atoms with Crippen LogP contribution >= 0.6 is 0 Å².